The predicted molar refractivity (Wildman–Crippen MR) is 113 cm³/mol. The average Bonchev–Trinajstić information content (AvgIpc) is 3.10. The molecule has 4 nitrogen and oxygen atoms in total. The highest BCUT2D eigenvalue weighted by atomic mass is 32.2. The molecule has 0 spiro atoms. The summed E-state index contributed by atoms with van der Waals surface area (Å²) in [4.78, 5) is 26.7. The van der Waals surface area contributed by atoms with E-state index in [-0.39, 0.29) is 11.8 Å². The molecule has 2 aromatic carbocycles. The maximum Gasteiger partial charge on any atom is 0.255 e. The second kappa shape index (κ2) is 8.40. The lowest BCUT2D eigenvalue weighted by Crippen LogP contribution is -2.14. The Labute approximate surface area is 167 Å². The van der Waals surface area contributed by atoms with Crippen molar-refractivity contribution in [3.8, 4) is 0 Å². The molecule has 27 heavy (non-hydrogen) atoms. The van der Waals surface area contributed by atoms with Gasteiger partial charge < -0.3 is 10.6 Å². The zero-order chi connectivity index (χ0) is 18.6. The van der Waals surface area contributed by atoms with E-state index < -0.39 is 0 Å². The SMILES string of the molecule is O=C1CCSc2ccc(C(=O)Nc3ccccc3SC3CCCC3)cc2N1. The first kappa shape index (κ1) is 18.4. The second-order valence-electron chi connectivity index (χ2n) is 6.83. The highest BCUT2D eigenvalue weighted by Crippen LogP contribution is 2.38. The summed E-state index contributed by atoms with van der Waals surface area (Å²) in [5, 5.41) is 6.59. The van der Waals surface area contributed by atoms with Crippen LogP contribution in [-0.2, 0) is 4.79 Å². The van der Waals surface area contributed by atoms with E-state index in [1.807, 2.05) is 42.1 Å². The number of amides is 2. The molecule has 0 radical (unpaired) electrons. The van der Waals surface area contributed by atoms with Crippen LogP contribution in [-0.4, -0.2) is 22.8 Å². The number of benzene rings is 2. The van der Waals surface area contributed by atoms with Gasteiger partial charge in [-0.05, 0) is 43.2 Å². The van der Waals surface area contributed by atoms with Gasteiger partial charge in [0.05, 0.1) is 11.4 Å². The Balaban J connectivity index is 1.52. The van der Waals surface area contributed by atoms with Crippen LogP contribution in [0.15, 0.2) is 52.3 Å². The zero-order valence-corrected chi connectivity index (χ0v) is 16.6. The summed E-state index contributed by atoms with van der Waals surface area (Å²) < 4.78 is 0. The maximum atomic E-state index is 12.8. The summed E-state index contributed by atoms with van der Waals surface area (Å²) in [6.45, 7) is 0. The molecule has 0 aromatic heterocycles. The Kier molecular flexibility index (Phi) is 5.74. The minimum absolute atomic E-state index is 0.00267. The van der Waals surface area contributed by atoms with Crippen molar-refractivity contribution in [2.45, 2.75) is 47.1 Å². The first-order chi connectivity index (χ1) is 13.2. The molecule has 1 heterocycles. The van der Waals surface area contributed by atoms with Gasteiger partial charge >= 0.3 is 0 Å². The molecule has 140 valence electrons. The summed E-state index contributed by atoms with van der Waals surface area (Å²) in [5.74, 6) is 0.605. The lowest BCUT2D eigenvalue weighted by Gasteiger charge is -2.15. The van der Waals surface area contributed by atoms with Crippen molar-refractivity contribution in [3.63, 3.8) is 0 Å². The van der Waals surface area contributed by atoms with E-state index in [1.54, 1.807) is 17.8 Å². The molecule has 1 aliphatic carbocycles. The largest absolute Gasteiger partial charge is 0.325 e. The van der Waals surface area contributed by atoms with Crippen LogP contribution in [0.25, 0.3) is 0 Å². The van der Waals surface area contributed by atoms with Gasteiger partial charge in [-0.25, -0.2) is 0 Å². The third-order valence-electron chi connectivity index (χ3n) is 4.83. The Hall–Kier alpha value is -1.92. The van der Waals surface area contributed by atoms with Crippen LogP contribution in [0.4, 0.5) is 11.4 Å². The van der Waals surface area contributed by atoms with Crippen molar-refractivity contribution < 1.29 is 9.59 Å². The van der Waals surface area contributed by atoms with Crippen LogP contribution < -0.4 is 10.6 Å². The van der Waals surface area contributed by atoms with Crippen LogP contribution in [0.5, 0.6) is 0 Å². The smallest absolute Gasteiger partial charge is 0.255 e. The molecule has 4 rings (SSSR count). The van der Waals surface area contributed by atoms with Gasteiger partial charge in [-0.2, -0.15) is 0 Å². The monoisotopic (exact) mass is 398 g/mol. The number of hydrogen-bond donors (Lipinski definition) is 2. The number of carbonyl (C=O) groups excluding carboxylic acids is 2. The lowest BCUT2D eigenvalue weighted by molar-refractivity contribution is -0.115. The molecule has 1 fully saturated rings. The van der Waals surface area contributed by atoms with Crippen LogP contribution in [0.3, 0.4) is 0 Å². The van der Waals surface area contributed by atoms with E-state index in [2.05, 4.69) is 16.7 Å². The number of carbonyl (C=O) groups is 2. The number of para-hydroxylation sites is 1. The molecule has 2 amide bonds. The third-order valence-corrected chi connectivity index (χ3v) is 7.32. The lowest BCUT2D eigenvalue weighted by atomic mass is 10.1. The van der Waals surface area contributed by atoms with E-state index in [9.17, 15) is 9.59 Å². The van der Waals surface area contributed by atoms with Crippen molar-refractivity contribution >= 4 is 46.7 Å². The van der Waals surface area contributed by atoms with Gasteiger partial charge in [0.2, 0.25) is 5.91 Å². The molecule has 0 bridgehead atoms. The second-order valence-corrected chi connectivity index (χ2v) is 9.31. The Morgan fingerprint density at radius 2 is 1.96 bits per heavy atom. The fourth-order valence-corrected chi connectivity index (χ4v) is 5.68. The Morgan fingerprint density at radius 1 is 1.15 bits per heavy atom. The molecule has 2 aliphatic rings. The summed E-state index contributed by atoms with van der Waals surface area (Å²) in [6.07, 6.45) is 5.58. The number of nitrogens with one attached hydrogen (secondary N) is 2. The van der Waals surface area contributed by atoms with Gasteiger partial charge in [0.25, 0.3) is 5.91 Å². The highest BCUT2D eigenvalue weighted by molar-refractivity contribution is 8.00. The highest BCUT2D eigenvalue weighted by Gasteiger charge is 2.19. The molecular weight excluding hydrogens is 376 g/mol. The summed E-state index contributed by atoms with van der Waals surface area (Å²) in [6, 6.07) is 13.5. The molecule has 0 unspecified atom stereocenters. The Morgan fingerprint density at radius 3 is 2.81 bits per heavy atom. The van der Waals surface area contributed by atoms with Crippen molar-refractivity contribution in [3.05, 3.63) is 48.0 Å². The fourth-order valence-electron chi connectivity index (χ4n) is 3.41. The van der Waals surface area contributed by atoms with E-state index in [0.29, 0.717) is 17.2 Å². The molecule has 2 aromatic rings. The molecule has 2 N–H and O–H groups in total. The normalized spacial score (nSPS) is 17.1. The topological polar surface area (TPSA) is 58.2 Å². The average molecular weight is 399 g/mol. The van der Waals surface area contributed by atoms with E-state index in [1.165, 1.54) is 25.7 Å². The zero-order valence-electron chi connectivity index (χ0n) is 15.0. The van der Waals surface area contributed by atoms with E-state index in [4.69, 9.17) is 0 Å². The number of rotatable bonds is 4. The molecule has 1 aliphatic heterocycles. The van der Waals surface area contributed by atoms with Crippen molar-refractivity contribution in [1.82, 2.24) is 0 Å². The Bertz CT molecular complexity index is 863. The van der Waals surface area contributed by atoms with Gasteiger partial charge in [-0.3, -0.25) is 9.59 Å². The van der Waals surface area contributed by atoms with Gasteiger partial charge in [-0.15, -0.1) is 23.5 Å². The van der Waals surface area contributed by atoms with E-state index in [0.717, 1.165) is 26.9 Å². The van der Waals surface area contributed by atoms with Crippen LogP contribution in [0.1, 0.15) is 42.5 Å². The van der Waals surface area contributed by atoms with Crippen LogP contribution in [0, 0.1) is 0 Å². The minimum Gasteiger partial charge on any atom is -0.325 e. The molecule has 0 saturated heterocycles. The van der Waals surface area contributed by atoms with Gasteiger partial charge in [0.15, 0.2) is 0 Å². The summed E-state index contributed by atoms with van der Waals surface area (Å²) in [7, 11) is 0. The minimum atomic E-state index is -0.152. The number of thioether (sulfide) groups is 2. The van der Waals surface area contributed by atoms with Crippen LogP contribution in [0.2, 0.25) is 0 Å². The summed E-state index contributed by atoms with van der Waals surface area (Å²) in [5.41, 5.74) is 2.13. The molecule has 0 atom stereocenters. The summed E-state index contributed by atoms with van der Waals surface area (Å²) >= 11 is 3.51. The quantitative estimate of drug-likeness (QED) is 0.723. The third kappa shape index (κ3) is 4.50. The van der Waals surface area contributed by atoms with Crippen molar-refractivity contribution in [1.29, 1.82) is 0 Å². The fraction of sp³-hybridized carbons (Fsp3) is 0.333. The van der Waals surface area contributed by atoms with Crippen molar-refractivity contribution in [2.24, 2.45) is 0 Å². The first-order valence-electron chi connectivity index (χ1n) is 9.33. The van der Waals surface area contributed by atoms with Gasteiger partial charge in [-0.1, -0.05) is 25.0 Å². The van der Waals surface area contributed by atoms with Gasteiger partial charge in [0.1, 0.15) is 0 Å². The molecule has 1 saturated carbocycles. The van der Waals surface area contributed by atoms with Crippen LogP contribution >= 0.6 is 23.5 Å². The maximum absolute atomic E-state index is 12.8. The van der Waals surface area contributed by atoms with Gasteiger partial charge in [0, 0.05) is 32.8 Å². The first-order valence-corrected chi connectivity index (χ1v) is 11.2. The standard InChI is InChI=1S/C21H22N2O2S2/c24-20-11-12-26-18-10-9-14(13-17(18)22-20)21(25)23-16-7-3-4-8-19(16)27-15-5-1-2-6-15/h3-4,7-10,13,15H,1-2,5-6,11-12H2,(H,22,24)(H,23,25). The number of anilines is 2. The molecule has 6 heteroatoms. The predicted octanol–water partition coefficient (Wildman–Crippen LogP) is 5.41. The number of hydrogen-bond acceptors (Lipinski definition) is 4. The molecular formula is C21H22N2O2S2. The van der Waals surface area contributed by atoms with E-state index >= 15 is 0 Å². The van der Waals surface area contributed by atoms with Crippen molar-refractivity contribution in [2.75, 3.05) is 16.4 Å². The number of fused-ring (bicyclic) bond motifs is 1.